The number of methoxy groups -OCH3 is 1. The van der Waals surface area contributed by atoms with Crippen LogP contribution in [0.1, 0.15) is 21.5 Å². The normalized spacial score (nSPS) is 10.8. The molecule has 1 heterocycles. The lowest BCUT2D eigenvalue weighted by molar-refractivity contribution is -0.113. The first-order chi connectivity index (χ1) is 15.9. The van der Waals surface area contributed by atoms with Crippen LogP contribution in [0, 0.1) is 13.8 Å². The monoisotopic (exact) mass is 477 g/mol. The van der Waals surface area contributed by atoms with Crippen LogP contribution in [-0.2, 0) is 4.79 Å². The summed E-state index contributed by atoms with van der Waals surface area (Å²) >= 11 is 2.89. The van der Waals surface area contributed by atoms with Crippen molar-refractivity contribution in [1.29, 1.82) is 0 Å². The minimum absolute atomic E-state index is 0.0732. The van der Waals surface area contributed by atoms with Gasteiger partial charge in [-0.3, -0.25) is 9.59 Å². The van der Waals surface area contributed by atoms with Crippen molar-refractivity contribution in [1.82, 2.24) is 4.98 Å². The molecule has 0 fully saturated rings. The molecular formula is C25H23N3O3S2. The third kappa shape index (κ3) is 5.53. The highest BCUT2D eigenvalue weighted by atomic mass is 32.2. The number of hydrogen-bond acceptors (Lipinski definition) is 6. The molecule has 1 aromatic heterocycles. The third-order valence-corrected chi connectivity index (χ3v) is 7.12. The van der Waals surface area contributed by atoms with Gasteiger partial charge in [0.05, 0.1) is 28.6 Å². The lowest BCUT2D eigenvalue weighted by atomic mass is 10.1. The van der Waals surface area contributed by atoms with Crippen LogP contribution in [0.25, 0.3) is 10.2 Å². The number of benzene rings is 3. The second-order valence-electron chi connectivity index (χ2n) is 7.47. The number of ether oxygens (including phenoxy) is 1. The van der Waals surface area contributed by atoms with E-state index in [1.54, 1.807) is 18.2 Å². The number of carbonyl (C=O) groups is 2. The van der Waals surface area contributed by atoms with Crippen molar-refractivity contribution in [2.24, 2.45) is 0 Å². The Kier molecular flexibility index (Phi) is 6.96. The van der Waals surface area contributed by atoms with Gasteiger partial charge in [0.2, 0.25) is 5.91 Å². The van der Waals surface area contributed by atoms with Crippen LogP contribution >= 0.6 is 23.1 Å². The second kappa shape index (κ2) is 10.1. The molecule has 0 unspecified atom stereocenters. The van der Waals surface area contributed by atoms with E-state index in [1.165, 1.54) is 30.2 Å². The van der Waals surface area contributed by atoms with Crippen molar-refractivity contribution in [3.8, 4) is 5.75 Å². The zero-order chi connectivity index (χ0) is 23.4. The summed E-state index contributed by atoms with van der Waals surface area (Å²) in [5.41, 5.74) is 4.99. The predicted molar refractivity (Wildman–Crippen MR) is 136 cm³/mol. The van der Waals surface area contributed by atoms with Gasteiger partial charge in [-0.05, 0) is 55.8 Å². The van der Waals surface area contributed by atoms with Crippen molar-refractivity contribution >= 4 is 56.5 Å². The maximum atomic E-state index is 12.7. The van der Waals surface area contributed by atoms with E-state index in [0.29, 0.717) is 17.0 Å². The quantitative estimate of drug-likeness (QED) is 0.324. The maximum absolute atomic E-state index is 12.7. The molecule has 2 amide bonds. The number of amides is 2. The van der Waals surface area contributed by atoms with Crippen molar-refractivity contribution in [2.45, 2.75) is 18.2 Å². The molecule has 0 spiro atoms. The molecule has 0 aliphatic rings. The number of nitrogens with zero attached hydrogens (tertiary/aromatic N) is 1. The number of fused-ring (bicyclic) bond motifs is 1. The van der Waals surface area contributed by atoms with Crippen molar-refractivity contribution < 1.29 is 14.3 Å². The third-order valence-electron chi connectivity index (χ3n) is 4.96. The van der Waals surface area contributed by atoms with E-state index < -0.39 is 0 Å². The zero-order valence-electron chi connectivity index (χ0n) is 18.5. The summed E-state index contributed by atoms with van der Waals surface area (Å²) in [5.74, 6) is 0.474. The Morgan fingerprint density at radius 3 is 2.64 bits per heavy atom. The fourth-order valence-electron chi connectivity index (χ4n) is 3.34. The average Bonchev–Trinajstić information content (AvgIpc) is 3.21. The number of para-hydroxylation sites is 1. The molecule has 33 heavy (non-hydrogen) atoms. The fourth-order valence-corrected chi connectivity index (χ4v) is 5.25. The molecule has 4 rings (SSSR count). The molecule has 8 heteroatoms. The molecule has 0 atom stereocenters. The molecule has 6 nitrogen and oxygen atoms in total. The van der Waals surface area contributed by atoms with E-state index >= 15 is 0 Å². The number of carbonyl (C=O) groups excluding carboxylic acids is 2. The Morgan fingerprint density at radius 2 is 1.85 bits per heavy atom. The van der Waals surface area contributed by atoms with Crippen LogP contribution in [-0.4, -0.2) is 29.7 Å². The minimum Gasteiger partial charge on any atom is -0.496 e. The smallest absolute Gasteiger partial charge is 0.259 e. The number of rotatable bonds is 7. The van der Waals surface area contributed by atoms with Gasteiger partial charge in [-0.15, -0.1) is 11.3 Å². The topological polar surface area (TPSA) is 80.3 Å². The number of aromatic nitrogens is 1. The van der Waals surface area contributed by atoms with Gasteiger partial charge in [-0.1, -0.05) is 41.6 Å². The lowest BCUT2D eigenvalue weighted by Gasteiger charge is -2.09. The maximum Gasteiger partial charge on any atom is 0.259 e. The van der Waals surface area contributed by atoms with E-state index in [9.17, 15) is 9.59 Å². The predicted octanol–water partition coefficient (Wildman–Crippen LogP) is 5.90. The van der Waals surface area contributed by atoms with Crippen molar-refractivity contribution in [3.63, 3.8) is 0 Å². The SMILES string of the molecule is COc1ccccc1C(=O)Nc1ccc2nc(SCC(=O)Nc3ccc(C)cc3C)sc2c1. The molecular weight excluding hydrogens is 454 g/mol. The highest BCUT2D eigenvalue weighted by Crippen LogP contribution is 2.32. The largest absolute Gasteiger partial charge is 0.496 e. The van der Waals surface area contributed by atoms with Gasteiger partial charge >= 0.3 is 0 Å². The Hall–Kier alpha value is -3.36. The van der Waals surface area contributed by atoms with Gasteiger partial charge < -0.3 is 15.4 Å². The minimum atomic E-state index is -0.242. The molecule has 3 aromatic carbocycles. The second-order valence-corrected chi connectivity index (χ2v) is 9.73. The molecule has 0 aliphatic heterocycles. The van der Waals surface area contributed by atoms with Crippen LogP contribution in [0.2, 0.25) is 0 Å². The first-order valence-electron chi connectivity index (χ1n) is 10.3. The Balaban J connectivity index is 1.40. The van der Waals surface area contributed by atoms with Gasteiger partial charge in [0.1, 0.15) is 5.75 Å². The summed E-state index contributed by atoms with van der Waals surface area (Å²) in [6.07, 6.45) is 0. The molecule has 168 valence electrons. The number of thiazole rings is 1. The van der Waals surface area contributed by atoms with Crippen LogP contribution < -0.4 is 15.4 Å². The highest BCUT2D eigenvalue weighted by molar-refractivity contribution is 8.01. The molecule has 4 aromatic rings. The number of anilines is 2. The molecule has 0 bridgehead atoms. The summed E-state index contributed by atoms with van der Waals surface area (Å²) in [6, 6.07) is 18.6. The molecule has 0 saturated carbocycles. The van der Waals surface area contributed by atoms with Gasteiger partial charge in [0, 0.05) is 11.4 Å². The molecule has 0 radical (unpaired) electrons. The number of nitrogens with one attached hydrogen (secondary N) is 2. The summed E-state index contributed by atoms with van der Waals surface area (Å²) in [5, 5.41) is 5.87. The van der Waals surface area contributed by atoms with Gasteiger partial charge in [-0.25, -0.2) is 4.98 Å². The number of aryl methyl sites for hydroxylation is 2. The highest BCUT2D eigenvalue weighted by Gasteiger charge is 2.13. The first kappa shape index (κ1) is 22.8. The summed E-state index contributed by atoms with van der Waals surface area (Å²) < 4.78 is 7.00. The van der Waals surface area contributed by atoms with E-state index in [-0.39, 0.29) is 17.6 Å². The summed E-state index contributed by atoms with van der Waals surface area (Å²) in [7, 11) is 1.54. The van der Waals surface area contributed by atoms with E-state index in [0.717, 1.165) is 31.4 Å². The Morgan fingerprint density at radius 1 is 1.03 bits per heavy atom. The number of thioether (sulfide) groups is 1. The van der Waals surface area contributed by atoms with Crippen molar-refractivity contribution in [2.75, 3.05) is 23.5 Å². The van der Waals surface area contributed by atoms with E-state index in [4.69, 9.17) is 4.74 Å². The zero-order valence-corrected chi connectivity index (χ0v) is 20.1. The average molecular weight is 478 g/mol. The summed E-state index contributed by atoms with van der Waals surface area (Å²) in [6.45, 7) is 4.00. The molecule has 2 N–H and O–H groups in total. The molecule has 0 aliphatic carbocycles. The Bertz CT molecular complexity index is 1330. The lowest BCUT2D eigenvalue weighted by Crippen LogP contribution is -2.14. The van der Waals surface area contributed by atoms with Gasteiger partial charge in [-0.2, -0.15) is 0 Å². The molecule has 0 saturated heterocycles. The standard InChI is InChI=1S/C25H23N3O3S2/c1-15-8-10-19(16(2)12-15)27-23(29)14-32-25-28-20-11-9-17(13-22(20)33-25)26-24(30)18-6-4-5-7-21(18)31-3/h4-13H,14H2,1-3H3,(H,26,30)(H,27,29). The fraction of sp³-hybridized carbons (Fsp3) is 0.160. The van der Waals surface area contributed by atoms with Crippen molar-refractivity contribution in [3.05, 3.63) is 77.4 Å². The van der Waals surface area contributed by atoms with Crippen LogP contribution in [0.3, 0.4) is 0 Å². The van der Waals surface area contributed by atoms with Crippen LogP contribution in [0.5, 0.6) is 5.75 Å². The first-order valence-corrected chi connectivity index (χ1v) is 12.1. The van der Waals surface area contributed by atoms with Crippen LogP contribution in [0.15, 0.2) is 65.0 Å². The van der Waals surface area contributed by atoms with E-state index in [2.05, 4.69) is 15.6 Å². The summed E-state index contributed by atoms with van der Waals surface area (Å²) in [4.78, 5) is 29.6. The van der Waals surface area contributed by atoms with Gasteiger partial charge in [0.15, 0.2) is 4.34 Å². The van der Waals surface area contributed by atoms with E-state index in [1.807, 2.05) is 56.3 Å². The number of hydrogen-bond donors (Lipinski definition) is 2. The van der Waals surface area contributed by atoms with Gasteiger partial charge in [0.25, 0.3) is 5.91 Å². The Labute approximate surface area is 200 Å². The van der Waals surface area contributed by atoms with Crippen LogP contribution in [0.4, 0.5) is 11.4 Å².